The predicted octanol–water partition coefficient (Wildman–Crippen LogP) is 7.81. The molecule has 3 unspecified atom stereocenters. The van der Waals surface area contributed by atoms with E-state index in [0.29, 0.717) is 0 Å². The zero-order valence-electron chi connectivity index (χ0n) is 26.1. The summed E-state index contributed by atoms with van der Waals surface area (Å²) >= 11 is 0. The average Bonchev–Trinajstić information content (AvgIpc) is 2.91. The quantitative estimate of drug-likeness (QED) is 0.0473. The number of aliphatic hydroxyl groups excluding tert-OH is 2. The van der Waals surface area contributed by atoms with Crippen LogP contribution in [0.2, 0.25) is 0 Å². The Hall–Kier alpha value is -0.200. The van der Waals surface area contributed by atoms with E-state index < -0.39 is 17.9 Å². The fourth-order valence-electron chi connectivity index (χ4n) is 5.71. The first-order valence-electron chi connectivity index (χ1n) is 16.7. The number of nitrogens with one attached hydrogen (secondary N) is 2. The number of rotatable bonds is 30. The van der Waals surface area contributed by atoms with Crippen LogP contribution in [0.1, 0.15) is 169 Å². The largest absolute Gasteiger partial charge is 0.394 e. The molecule has 0 aromatic rings. The van der Waals surface area contributed by atoms with Gasteiger partial charge in [0, 0.05) is 6.04 Å². The Morgan fingerprint density at radius 2 is 1.18 bits per heavy atom. The van der Waals surface area contributed by atoms with E-state index >= 15 is 0 Å². The van der Waals surface area contributed by atoms with Crippen LogP contribution < -0.4 is 10.6 Å². The van der Waals surface area contributed by atoms with E-state index in [1.807, 2.05) is 6.92 Å². The van der Waals surface area contributed by atoms with Crippen LogP contribution >= 0.6 is 0 Å². The smallest absolute Gasteiger partial charge is 0.166 e. The molecule has 38 heavy (non-hydrogen) atoms. The minimum atomic E-state index is -1.40. The van der Waals surface area contributed by atoms with E-state index in [9.17, 15) is 15.3 Å². The van der Waals surface area contributed by atoms with Crippen LogP contribution in [0.5, 0.6) is 0 Å². The summed E-state index contributed by atoms with van der Waals surface area (Å²) in [6.07, 6.45) is 28.4. The van der Waals surface area contributed by atoms with E-state index in [1.165, 1.54) is 109 Å². The minimum Gasteiger partial charge on any atom is -0.394 e. The van der Waals surface area contributed by atoms with Gasteiger partial charge in [-0.3, -0.25) is 0 Å². The number of aliphatic hydroxyl groups is 3. The molecule has 0 amide bonds. The molecule has 0 spiro atoms. The van der Waals surface area contributed by atoms with Crippen molar-refractivity contribution in [2.24, 2.45) is 0 Å². The summed E-state index contributed by atoms with van der Waals surface area (Å²) in [4.78, 5) is 0. The van der Waals surface area contributed by atoms with Crippen molar-refractivity contribution in [3.63, 3.8) is 0 Å². The molecule has 3 atom stereocenters. The molecule has 0 aliphatic heterocycles. The molecule has 5 heteroatoms. The normalized spacial score (nSPS) is 15.2. The molecule has 0 heterocycles. The Labute approximate surface area is 238 Å². The van der Waals surface area contributed by atoms with Crippen molar-refractivity contribution in [2.45, 2.75) is 193 Å². The molecule has 0 aromatic heterocycles. The summed E-state index contributed by atoms with van der Waals surface area (Å²) in [5.74, 6) is 0. The van der Waals surface area contributed by atoms with Gasteiger partial charge in [0.15, 0.2) is 6.29 Å². The van der Waals surface area contributed by atoms with Gasteiger partial charge in [-0.05, 0) is 39.2 Å². The lowest BCUT2D eigenvalue weighted by atomic mass is 9.82. The Morgan fingerprint density at radius 1 is 0.684 bits per heavy atom. The summed E-state index contributed by atoms with van der Waals surface area (Å²) in [6.45, 7) is 9.36. The molecule has 229 valence electrons. The maximum atomic E-state index is 10.6. The van der Waals surface area contributed by atoms with Gasteiger partial charge < -0.3 is 26.0 Å². The average molecular weight is 542 g/mol. The van der Waals surface area contributed by atoms with Crippen molar-refractivity contribution < 1.29 is 15.3 Å². The molecule has 0 fully saturated rings. The third kappa shape index (κ3) is 19.8. The second-order valence-electron chi connectivity index (χ2n) is 11.9. The third-order valence-electron chi connectivity index (χ3n) is 8.30. The van der Waals surface area contributed by atoms with Crippen LogP contribution in [0.4, 0.5) is 0 Å². The van der Waals surface area contributed by atoms with Gasteiger partial charge in [-0.1, -0.05) is 143 Å². The van der Waals surface area contributed by atoms with Crippen molar-refractivity contribution in [1.29, 1.82) is 0 Å². The maximum absolute atomic E-state index is 10.6. The molecule has 5 nitrogen and oxygen atoms in total. The van der Waals surface area contributed by atoms with E-state index in [0.717, 1.165) is 38.6 Å². The molecule has 0 aromatic carbocycles. The number of hydrogen-bond acceptors (Lipinski definition) is 5. The van der Waals surface area contributed by atoms with E-state index in [1.54, 1.807) is 0 Å². The van der Waals surface area contributed by atoms with Gasteiger partial charge in [-0.15, -0.1) is 0 Å². The third-order valence-corrected chi connectivity index (χ3v) is 8.30. The maximum Gasteiger partial charge on any atom is 0.166 e. The van der Waals surface area contributed by atoms with Crippen molar-refractivity contribution >= 4 is 0 Å². The highest BCUT2D eigenvalue weighted by Gasteiger charge is 2.37. The first-order valence-corrected chi connectivity index (χ1v) is 16.7. The highest BCUT2D eigenvalue weighted by molar-refractivity contribution is 4.99. The zero-order valence-corrected chi connectivity index (χ0v) is 26.1. The summed E-state index contributed by atoms with van der Waals surface area (Å²) < 4.78 is 0. The topological polar surface area (TPSA) is 84.8 Å². The molecule has 0 bridgehead atoms. The van der Waals surface area contributed by atoms with Gasteiger partial charge >= 0.3 is 0 Å². The molecule has 0 rings (SSSR count). The Morgan fingerprint density at radius 3 is 1.66 bits per heavy atom. The van der Waals surface area contributed by atoms with Crippen LogP contribution in [-0.4, -0.2) is 52.4 Å². The van der Waals surface area contributed by atoms with E-state index in [2.05, 4.69) is 37.8 Å². The van der Waals surface area contributed by atoms with Crippen molar-refractivity contribution in [3.05, 3.63) is 6.42 Å². The first kappa shape index (κ1) is 37.8. The van der Waals surface area contributed by atoms with Crippen LogP contribution in [-0.2, 0) is 0 Å². The molecular formula is C33H69N2O3. The van der Waals surface area contributed by atoms with Gasteiger partial charge in [0.25, 0.3) is 0 Å². The Kier molecular flexibility index (Phi) is 26.9. The van der Waals surface area contributed by atoms with Crippen LogP contribution in [0, 0.1) is 6.42 Å². The van der Waals surface area contributed by atoms with Gasteiger partial charge in [0.05, 0.1) is 18.2 Å². The van der Waals surface area contributed by atoms with Crippen molar-refractivity contribution in [3.8, 4) is 0 Å². The number of hydrogen-bond donors (Lipinski definition) is 5. The van der Waals surface area contributed by atoms with Crippen LogP contribution in [0.3, 0.4) is 0 Å². The fourth-order valence-corrected chi connectivity index (χ4v) is 5.71. The minimum absolute atomic E-state index is 0.0143. The van der Waals surface area contributed by atoms with E-state index in [-0.39, 0.29) is 12.6 Å². The van der Waals surface area contributed by atoms with Gasteiger partial charge in [-0.25, -0.2) is 0 Å². The Bertz CT molecular complexity index is 477. The van der Waals surface area contributed by atoms with Crippen molar-refractivity contribution in [1.82, 2.24) is 10.6 Å². The highest BCUT2D eigenvalue weighted by atomic mass is 16.5. The van der Waals surface area contributed by atoms with Gasteiger partial charge in [-0.2, -0.15) is 0 Å². The fraction of sp³-hybridized carbons (Fsp3) is 0.970. The lowest BCUT2D eigenvalue weighted by Gasteiger charge is -2.43. The monoisotopic (exact) mass is 542 g/mol. The summed E-state index contributed by atoms with van der Waals surface area (Å²) in [6, 6.07) is -0.412. The lowest BCUT2D eigenvalue weighted by Crippen LogP contribution is -2.64. The Balaban J connectivity index is 4.40. The molecular weight excluding hydrogens is 472 g/mol. The predicted molar refractivity (Wildman–Crippen MR) is 165 cm³/mol. The molecule has 0 saturated heterocycles. The van der Waals surface area contributed by atoms with Crippen LogP contribution in [0.25, 0.3) is 0 Å². The standard InChI is InChI=1S/C33H69N2O3/c1-5-8-10-12-14-15-16-17-18-19-20-21-23-25-28-34-33(29-36,27-7-3)31(35-30(4)32(37)38)26-24-22-13-11-9-6-2/h5,30-32,34-38H,6-29H2,1-4H3. The SMILES string of the molecule is C[CH]CCCCCCCCCCCCCCNC(CO)(CCC)C(CCCCCCCC)NC(C)C(O)O. The lowest BCUT2D eigenvalue weighted by molar-refractivity contribution is -0.0690. The highest BCUT2D eigenvalue weighted by Crippen LogP contribution is 2.24. The van der Waals surface area contributed by atoms with Crippen LogP contribution in [0.15, 0.2) is 0 Å². The van der Waals surface area contributed by atoms with Gasteiger partial charge in [0.2, 0.25) is 0 Å². The molecule has 0 saturated carbocycles. The summed E-state index contributed by atoms with van der Waals surface area (Å²) in [5, 5.41) is 37.3. The van der Waals surface area contributed by atoms with Crippen molar-refractivity contribution in [2.75, 3.05) is 13.2 Å². The number of unbranched alkanes of at least 4 members (excludes halogenated alkanes) is 18. The summed E-state index contributed by atoms with van der Waals surface area (Å²) in [7, 11) is 0. The summed E-state index contributed by atoms with van der Waals surface area (Å²) in [5.41, 5.74) is -0.421. The molecule has 0 aliphatic rings. The zero-order chi connectivity index (χ0) is 28.3. The molecule has 5 N–H and O–H groups in total. The molecule has 0 aliphatic carbocycles. The molecule has 1 radical (unpaired) electrons. The second kappa shape index (κ2) is 27.0. The first-order chi connectivity index (χ1) is 18.5. The van der Waals surface area contributed by atoms with Gasteiger partial charge in [0.1, 0.15) is 0 Å². The van der Waals surface area contributed by atoms with E-state index in [4.69, 9.17) is 0 Å². The second-order valence-corrected chi connectivity index (χ2v) is 11.9.